The van der Waals surface area contributed by atoms with Crippen molar-refractivity contribution in [3.05, 3.63) is 42.4 Å². The Bertz CT molecular complexity index is 990. The third-order valence-electron chi connectivity index (χ3n) is 4.50. The van der Waals surface area contributed by atoms with E-state index in [0.717, 1.165) is 6.07 Å². The fourth-order valence-electron chi connectivity index (χ4n) is 3.03. The van der Waals surface area contributed by atoms with Crippen LogP contribution in [0, 0.1) is 0 Å². The Kier molecular flexibility index (Phi) is 5.85. The topological polar surface area (TPSA) is 87.5 Å². The summed E-state index contributed by atoms with van der Waals surface area (Å²) in [5.41, 5.74) is -1.28. The molecule has 1 fully saturated rings. The zero-order valence-corrected chi connectivity index (χ0v) is 16.4. The number of aromatic nitrogens is 2. The number of benzene rings is 1. The van der Waals surface area contributed by atoms with Gasteiger partial charge in [-0.15, -0.1) is 0 Å². The number of anilines is 1. The number of imidazole rings is 1. The number of amides is 2. The Morgan fingerprint density at radius 3 is 2.52 bits per heavy atom. The number of urea groups is 1. The summed E-state index contributed by atoms with van der Waals surface area (Å²) in [6.45, 7) is 0.468. The van der Waals surface area contributed by atoms with Crippen LogP contribution in [0.3, 0.4) is 0 Å². The number of sulfonamides is 1. The highest BCUT2D eigenvalue weighted by Crippen LogP contribution is 2.34. The second-order valence-corrected chi connectivity index (χ2v) is 8.48. The first-order valence-electron chi connectivity index (χ1n) is 8.79. The lowest BCUT2D eigenvalue weighted by molar-refractivity contribution is -0.136. The van der Waals surface area contributed by atoms with Gasteiger partial charge in [0.2, 0.25) is 0 Å². The van der Waals surface area contributed by atoms with Crippen molar-refractivity contribution in [2.75, 3.05) is 31.5 Å². The summed E-state index contributed by atoms with van der Waals surface area (Å²) in [4.78, 5) is 17.7. The number of alkyl halides is 3. The summed E-state index contributed by atoms with van der Waals surface area (Å²) in [5.74, 6) is 0. The van der Waals surface area contributed by atoms with Crippen LogP contribution < -0.4 is 5.32 Å². The molecular weight excluding hydrogens is 411 g/mol. The van der Waals surface area contributed by atoms with Gasteiger partial charge in [0.15, 0.2) is 5.03 Å². The number of carbonyl (C=O) groups excluding carboxylic acids is 1. The Hall–Kier alpha value is -2.60. The van der Waals surface area contributed by atoms with Gasteiger partial charge in [-0.05, 0) is 18.6 Å². The fraction of sp³-hybridized carbons (Fsp3) is 0.412. The molecule has 158 valence electrons. The van der Waals surface area contributed by atoms with Crippen LogP contribution in [0.5, 0.6) is 0 Å². The summed E-state index contributed by atoms with van der Waals surface area (Å²) in [7, 11) is -2.15. The molecule has 0 bridgehead atoms. The van der Waals surface area contributed by atoms with E-state index in [1.807, 2.05) is 0 Å². The van der Waals surface area contributed by atoms with Crippen LogP contribution in [0.15, 0.2) is 41.8 Å². The molecule has 29 heavy (non-hydrogen) atoms. The van der Waals surface area contributed by atoms with E-state index >= 15 is 0 Å². The number of halogens is 3. The molecule has 0 saturated carbocycles. The summed E-state index contributed by atoms with van der Waals surface area (Å²) in [6, 6.07) is 3.99. The van der Waals surface area contributed by atoms with Gasteiger partial charge in [-0.25, -0.2) is 18.2 Å². The van der Waals surface area contributed by atoms with E-state index in [2.05, 4.69) is 10.3 Å². The Balaban J connectivity index is 1.69. The number of para-hydroxylation sites is 1. The van der Waals surface area contributed by atoms with Gasteiger partial charge in [-0.3, -0.25) is 0 Å². The Morgan fingerprint density at radius 2 is 1.86 bits per heavy atom. The van der Waals surface area contributed by atoms with Crippen molar-refractivity contribution in [3.63, 3.8) is 0 Å². The molecule has 0 aliphatic carbocycles. The first-order chi connectivity index (χ1) is 13.6. The standard InChI is InChI=1S/C17H20F3N5O3S/c1-23-11-15(21-12-23)29(27,28)25-8-4-7-24(9-10-25)16(26)22-14-6-3-2-5-13(14)17(18,19)20/h2-3,5-6,11-12H,4,7-10H2,1H3,(H,22,26). The highest BCUT2D eigenvalue weighted by molar-refractivity contribution is 7.89. The highest BCUT2D eigenvalue weighted by atomic mass is 32.2. The van der Waals surface area contributed by atoms with Crippen LogP contribution in [0.1, 0.15) is 12.0 Å². The van der Waals surface area contributed by atoms with Crippen molar-refractivity contribution >= 4 is 21.7 Å². The van der Waals surface area contributed by atoms with Crippen molar-refractivity contribution in [1.29, 1.82) is 0 Å². The predicted octanol–water partition coefficient (Wildman–Crippen LogP) is 2.37. The normalized spacial score (nSPS) is 16.5. The Labute approximate surface area is 166 Å². The maximum Gasteiger partial charge on any atom is 0.418 e. The van der Waals surface area contributed by atoms with Crippen molar-refractivity contribution < 1.29 is 26.4 Å². The summed E-state index contributed by atoms with van der Waals surface area (Å²) in [6.07, 6.45) is -1.49. The van der Waals surface area contributed by atoms with E-state index in [1.165, 1.54) is 44.5 Å². The number of nitrogens with zero attached hydrogens (tertiary/aromatic N) is 4. The van der Waals surface area contributed by atoms with Crippen LogP contribution in [0.2, 0.25) is 0 Å². The number of hydrogen-bond acceptors (Lipinski definition) is 4. The van der Waals surface area contributed by atoms with Gasteiger partial charge in [-0.2, -0.15) is 17.5 Å². The van der Waals surface area contributed by atoms with Crippen molar-refractivity contribution in [2.24, 2.45) is 7.05 Å². The Morgan fingerprint density at radius 1 is 1.14 bits per heavy atom. The lowest BCUT2D eigenvalue weighted by Gasteiger charge is -2.23. The molecule has 0 radical (unpaired) electrons. The van der Waals surface area contributed by atoms with Gasteiger partial charge >= 0.3 is 12.2 Å². The number of carbonyl (C=O) groups is 1. The molecule has 0 unspecified atom stereocenters. The number of rotatable bonds is 3. The third kappa shape index (κ3) is 4.70. The second-order valence-electron chi connectivity index (χ2n) is 6.60. The van der Waals surface area contributed by atoms with Crippen LogP contribution >= 0.6 is 0 Å². The average Bonchev–Trinajstić information content (AvgIpc) is 2.94. The largest absolute Gasteiger partial charge is 0.418 e. The molecule has 0 spiro atoms. The van der Waals surface area contributed by atoms with Crippen LogP contribution in [0.25, 0.3) is 0 Å². The second kappa shape index (κ2) is 8.03. The molecule has 1 saturated heterocycles. The van der Waals surface area contributed by atoms with E-state index in [1.54, 1.807) is 7.05 Å². The quantitative estimate of drug-likeness (QED) is 0.808. The van der Waals surface area contributed by atoms with Crippen molar-refractivity contribution in [3.8, 4) is 0 Å². The zero-order valence-electron chi connectivity index (χ0n) is 15.6. The minimum atomic E-state index is -4.60. The summed E-state index contributed by atoms with van der Waals surface area (Å²) >= 11 is 0. The van der Waals surface area contributed by atoms with E-state index in [0.29, 0.717) is 6.42 Å². The molecule has 1 aliphatic heterocycles. The molecule has 8 nitrogen and oxygen atoms in total. The first-order valence-corrected chi connectivity index (χ1v) is 10.2. The first kappa shape index (κ1) is 21.1. The van der Waals surface area contributed by atoms with Gasteiger partial charge in [0, 0.05) is 39.4 Å². The van der Waals surface area contributed by atoms with Crippen LogP contribution in [-0.4, -0.2) is 59.4 Å². The van der Waals surface area contributed by atoms with E-state index in [-0.39, 0.29) is 36.9 Å². The minimum Gasteiger partial charge on any atom is -0.339 e. The predicted molar refractivity (Wildman–Crippen MR) is 98.6 cm³/mol. The number of aryl methyl sites for hydroxylation is 1. The highest BCUT2D eigenvalue weighted by Gasteiger charge is 2.34. The van der Waals surface area contributed by atoms with Crippen molar-refractivity contribution in [2.45, 2.75) is 17.6 Å². The van der Waals surface area contributed by atoms with E-state index in [4.69, 9.17) is 0 Å². The van der Waals surface area contributed by atoms with Gasteiger partial charge in [-0.1, -0.05) is 12.1 Å². The molecule has 2 amide bonds. The lowest BCUT2D eigenvalue weighted by Crippen LogP contribution is -2.39. The molecule has 1 aliphatic rings. The molecule has 0 atom stereocenters. The minimum absolute atomic E-state index is 0.0211. The fourth-order valence-corrected chi connectivity index (χ4v) is 4.46. The van der Waals surface area contributed by atoms with Gasteiger partial charge in [0.05, 0.1) is 17.6 Å². The summed E-state index contributed by atoms with van der Waals surface area (Å²) < 4.78 is 67.4. The van der Waals surface area contributed by atoms with Crippen LogP contribution in [-0.2, 0) is 23.2 Å². The van der Waals surface area contributed by atoms with Crippen molar-refractivity contribution in [1.82, 2.24) is 18.8 Å². The summed E-state index contributed by atoms with van der Waals surface area (Å²) in [5, 5.41) is 2.20. The molecule has 2 aromatic rings. The van der Waals surface area contributed by atoms with Crippen LogP contribution in [0.4, 0.5) is 23.7 Å². The molecule has 3 rings (SSSR count). The zero-order chi connectivity index (χ0) is 21.2. The molecular formula is C17H20F3N5O3S. The smallest absolute Gasteiger partial charge is 0.339 e. The number of nitrogens with one attached hydrogen (secondary N) is 1. The molecule has 1 N–H and O–H groups in total. The maximum absolute atomic E-state index is 13.1. The molecule has 1 aromatic carbocycles. The molecule has 1 aromatic heterocycles. The molecule has 12 heteroatoms. The van der Waals surface area contributed by atoms with E-state index in [9.17, 15) is 26.4 Å². The average molecular weight is 431 g/mol. The lowest BCUT2D eigenvalue weighted by atomic mass is 10.1. The van der Waals surface area contributed by atoms with Gasteiger partial charge in [0.1, 0.15) is 0 Å². The maximum atomic E-state index is 13.1. The van der Waals surface area contributed by atoms with Gasteiger partial charge < -0.3 is 14.8 Å². The number of hydrogen-bond donors (Lipinski definition) is 1. The van der Waals surface area contributed by atoms with Gasteiger partial charge in [0.25, 0.3) is 10.0 Å². The van der Waals surface area contributed by atoms with E-state index < -0.39 is 27.8 Å². The SMILES string of the molecule is Cn1cnc(S(=O)(=O)N2CCCN(C(=O)Nc3ccccc3C(F)(F)F)CC2)c1. The monoisotopic (exact) mass is 431 g/mol. The third-order valence-corrected chi connectivity index (χ3v) is 6.29. The molecule has 2 heterocycles.